The zero-order valence-corrected chi connectivity index (χ0v) is 18.2. The summed E-state index contributed by atoms with van der Waals surface area (Å²) in [6.07, 6.45) is 11.0. The molecule has 0 aliphatic rings. The zero-order chi connectivity index (χ0) is 20.2. The Labute approximate surface area is 169 Å². The molecule has 0 saturated heterocycles. The molecule has 1 nitrogen and oxygen atoms in total. The predicted molar refractivity (Wildman–Crippen MR) is 112 cm³/mol. The van der Waals surface area contributed by atoms with Crippen LogP contribution in [0.1, 0.15) is 97.3 Å². The van der Waals surface area contributed by atoms with E-state index in [9.17, 15) is 13.2 Å². The van der Waals surface area contributed by atoms with Gasteiger partial charge in [-0.2, -0.15) is 24.9 Å². The third kappa shape index (κ3) is 25.7. The van der Waals surface area contributed by atoms with Gasteiger partial charge in [0.1, 0.15) is 0 Å². The number of ether oxygens (including phenoxy) is 1. The topological polar surface area (TPSA) is 9.23 Å². The Bertz CT molecular complexity index is 372. The fourth-order valence-electron chi connectivity index (χ4n) is 2.79. The molecule has 0 unspecified atom stereocenters. The van der Waals surface area contributed by atoms with Crippen molar-refractivity contribution in [2.24, 2.45) is 0 Å². The van der Waals surface area contributed by atoms with Crippen LogP contribution in [0.3, 0.4) is 0 Å². The smallest absolute Gasteiger partial charge is 0.378 e. The molecule has 5 heteroatoms. The largest absolute Gasteiger partial charge is 0.457 e. The molecule has 0 heterocycles. The van der Waals surface area contributed by atoms with Crippen LogP contribution in [0.2, 0.25) is 0 Å². The first-order valence-electron chi connectivity index (χ1n) is 10.7. The average Bonchev–Trinajstić information content (AvgIpc) is 2.58. The molecular formula is C22H39F3OS. The number of hydrogen-bond acceptors (Lipinski definition) is 2. The van der Waals surface area contributed by atoms with Gasteiger partial charge < -0.3 is 4.74 Å². The first kappa shape index (κ1) is 26.7. The van der Waals surface area contributed by atoms with Crippen LogP contribution in [0.25, 0.3) is 0 Å². The van der Waals surface area contributed by atoms with Crippen LogP contribution < -0.4 is 0 Å². The molecule has 27 heavy (non-hydrogen) atoms. The summed E-state index contributed by atoms with van der Waals surface area (Å²) in [4.78, 5) is 0. The van der Waals surface area contributed by atoms with E-state index in [-0.39, 0.29) is 0 Å². The molecule has 0 aliphatic heterocycles. The van der Waals surface area contributed by atoms with Gasteiger partial charge in [0.15, 0.2) is 0 Å². The number of unbranched alkanes of at least 4 members (excludes halogenated alkanes) is 12. The fourth-order valence-corrected chi connectivity index (χ4v) is 3.62. The molecule has 0 aromatic heterocycles. The Balaban J connectivity index is 3.10. The molecule has 160 valence electrons. The van der Waals surface area contributed by atoms with Crippen LogP contribution in [0.15, 0.2) is 0 Å². The van der Waals surface area contributed by atoms with Gasteiger partial charge >= 0.3 is 6.18 Å². The lowest BCUT2D eigenvalue weighted by molar-refractivity contribution is -0.0697. The van der Waals surface area contributed by atoms with Gasteiger partial charge in [-0.3, -0.25) is 0 Å². The summed E-state index contributed by atoms with van der Waals surface area (Å²) in [5, 5.41) is 0. The minimum atomic E-state index is -4.33. The maximum absolute atomic E-state index is 11.8. The minimum Gasteiger partial charge on any atom is -0.378 e. The van der Waals surface area contributed by atoms with Crippen LogP contribution >= 0.6 is 11.8 Å². The van der Waals surface area contributed by atoms with Gasteiger partial charge in [0, 0.05) is 18.1 Å². The molecule has 0 radical (unpaired) electrons. The second-order valence-corrected chi connectivity index (χ2v) is 8.55. The highest BCUT2D eigenvalue weighted by molar-refractivity contribution is 7.99. The number of alkyl halides is 3. The molecule has 0 aromatic carbocycles. The van der Waals surface area contributed by atoms with Gasteiger partial charge in [0.25, 0.3) is 0 Å². The maximum Gasteiger partial charge on any atom is 0.457 e. The normalized spacial score (nSPS) is 11.6. The Morgan fingerprint density at radius 2 is 1.22 bits per heavy atom. The minimum absolute atomic E-state index is 0.345. The van der Waals surface area contributed by atoms with E-state index in [2.05, 4.69) is 19.8 Å². The van der Waals surface area contributed by atoms with E-state index in [0.717, 1.165) is 31.6 Å². The summed E-state index contributed by atoms with van der Waals surface area (Å²) in [5.74, 6) is 5.89. The third-order valence-corrected chi connectivity index (χ3v) is 5.28. The van der Waals surface area contributed by atoms with Crippen molar-refractivity contribution in [1.82, 2.24) is 0 Å². The summed E-state index contributed by atoms with van der Waals surface area (Å²) in [6, 6.07) is 0. The number of thioether (sulfide) groups is 1. The second kappa shape index (κ2) is 19.0. The van der Waals surface area contributed by atoms with Gasteiger partial charge in [-0.15, -0.1) is 0 Å². The van der Waals surface area contributed by atoms with E-state index >= 15 is 0 Å². The van der Waals surface area contributed by atoms with Gasteiger partial charge in [0.2, 0.25) is 0 Å². The molecule has 0 atom stereocenters. The summed E-state index contributed by atoms with van der Waals surface area (Å²) in [5.41, 5.74) is 0. The fraction of sp³-hybridized carbons (Fsp3) is 0.909. The van der Waals surface area contributed by atoms with Crippen molar-refractivity contribution in [1.29, 1.82) is 0 Å². The van der Waals surface area contributed by atoms with E-state index in [1.807, 2.05) is 11.8 Å². The van der Waals surface area contributed by atoms with Crippen molar-refractivity contribution < 1.29 is 17.9 Å². The van der Waals surface area contributed by atoms with E-state index in [4.69, 9.17) is 4.74 Å². The van der Waals surface area contributed by atoms with Crippen LogP contribution in [-0.2, 0) is 4.74 Å². The molecule has 0 bridgehead atoms. The first-order chi connectivity index (χ1) is 12.9. The Morgan fingerprint density at radius 1 is 0.741 bits per heavy atom. The first-order valence-corrected chi connectivity index (χ1v) is 11.8. The Hall–Kier alpha value is -0.340. The Morgan fingerprint density at radius 3 is 1.70 bits per heavy atom. The van der Waals surface area contributed by atoms with E-state index < -0.39 is 6.18 Å². The van der Waals surface area contributed by atoms with Gasteiger partial charge in [-0.1, -0.05) is 70.1 Å². The molecule has 0 aromatic rings. The van der Waals surface area contributed by atoms with E-state index in [1.54, 1.807) is 0 Å². The molecular weight excluding hydrogens is 369 g/mol. The predicted octanol–water partition coefficient (Wildman–Crippen LogP) is 7.78. The van der Waals surface area contributed by atoms with Crippen LogP contribution in [0, 0.1) is 11.8 Å². The van der Waals surface area contributed by atoms with E-state index in [0.29, 0.717) is 12.5 Å². The highest BCUT2D eigenvalue weighted by atomic mass is 32.2. The van der Waals surface area contributed by atoms with Crippen molar-refractivity contribution in [3.8, 4) is 11.8 Å². The SMILES string of the molecule is CC(C)OCCSCCCCCCCCCCCCCCC#CC(F)(F)F. The van der Waals surface area contributed by atoms with E-state index in [1.165, 1.54) is 69.5 Å². The molecule has 0 aliphatic carbocycles. The van der Waals surface area contributed by atoms with Gasteiger partial charge in [0.05, 0.1) is 12.7 Å². The number of halogens is 3. The molecule has 0 spiro atoms. The monoisotopic (exact) mass is 408 g/mol. The van der Waals surface area contributed by atoms with Gasteiger partial charge in [-0.25, -0.2) is 0 Å². The summed E-state index contributed by atoms with van der Waals surface area (Å²) in [7, 11) is 0. The number of hydrogen-bond donors (Lipinski definition) is 0. The quantitative estimate of drug-likeness (QED) is 0.169. The third-order valence-electron chi connectivity index (χ3n) is 4.25. The summed E-state index contributed by atoms with van der Waals surface area (Å²) < 4.78 is 41.0. The number of rotatable bonds is 18. The molecule has 0 rings (SSSR count). The van der Waals surface area contributed by atoms with Crippen molar-refractivity contribution in [3.05, 3.63) is 0 Å². The molecule has 0 fully saturated rings. The highest BCUT2D eigenvalue weighted by Crippen LogP contribution is 2.14. The maximum atomic E-state index is 11.8. The Kier molecular flexibility index (Phi) is 18.8. The van der Waals surface area contributed by atoms with Crippen molar-refractivity contribution in [3.63, 3.8) is 0 Å². The molecule has 0 saturated carbocycles. The second-order valence-electron chi connectivity index (χ2n) is 7.32. The molecule has 0 N–H and O–H groups in total. The highest BCUT2D eigenvalue weighted by Gasteiger charge is 2.22. The lowest BCUT2D eigenvalue weighted by Crippen LogP contribution is -2.05. The summed E-state index contributed by atoms with van der Waals surface area (Å²) in [6.45, 7) is 5.02. The van der Waals surface area contributed by atoms with Crippen LogP contribution in [-0.4, -0.2) is 30.4 Å². The lowest BCUT2D eigenvalue weighted by Gasteiger charge is -2.06. The average molecular weight is 409 g/mol. The zero-order valence-electron chi connectivity index (χ0n) is 17.3. The van der Waals surface area contributed by atoms with Crippen LogP contribution in [0.5, 0.6) is 0 Å². The van der Waals surface area contributed by atoms with Gasteiger partial charge in [-0.05, 0) is 32.4 Å². The molecule has 0 amide bonds. The van der Waals surface area contributed by atoms with Crippen molar-refractivity contribution in [2.45, 2.75) is 110 Å². The summed E-state index contributed by atoms with van der Waals surface area (Å²) >= 11 is 2.00. The lowest BCUT2D eigenvalue weighted by atomic mass is 10.0. The van der Waals surface area contributed by atoms with Crippen LogP contribution in [0.4, 0.5) is 13.2 Å². The van der Waals surface area contributed by atoms with Crippen molar-refractivity contribution >= 4 is 11.8 Å². The van der Waals surface area contributed by atoms with Crippen molar-refractivity contribution in [2.75, 3.05) is 18.1 Å². The standard InChI is InChI=1S/C22H39F3OS/c1-21(2)26-18-20-27-19-16-14-12-10-8-6-4-3-5-7-9-11-13-15-17-22(23,24)25/h21H,3-14,16,18-20H2,1-2H3.